The van der Waals surface area contributed by atoms with E-state index in [0.717, 1.165) is 6.92 Å². The van der Waals surface area contributed by atoms with Crippen LogP contribution in [0.3, 0.4) is 0 Å². The standard InChI is InChI=1S/C16H15F11O2/c1-3-10(2,16(25,26)27)9(28)29-8-5-6-4-7(8)12(18)11(6,17)13(19,20)15(23,24)14(12,21)22/h6-8H,3-5H2,1-2H3. The van der Waals surface area contributed by atoms with Gasteiger partial charge < -0.3 is 4.74 Å². The summed E-state index contributed by atoms with van der Waals surface area (Å²) in [5.74, 6) is -25.7. The molecule has 3 rings (SSSR count). The van der Waals surface area contributed by atoms with Crippen LogP contribution in [0.15, 0.2) is 0 Å². The number of ether oxygens (including phenoxy) is 1. The fourth-order valence-corrected chi connectivity index (χ4v) is 4.77. The molecule has 0 spiro atoms. The molecule has 0 heterocycles. The summed E-state index contributed by atoms with van der Waals surface area (Å²) < 4.78 is 157. The van der Waals surface area contributed by atoms with Crippen LogP contribution >= 0.6 is 0 Å². The molecular weight excluding hydrogens is 433 g/mol. The Morgan fingerprint density at radius 1 is 0.897 bits per heavy atom. The fourth-order valence-electron chi connectivity index (χ4n) is 4.77. The van der Waals surface area contributed by atoms with Crippen molar-refractivity contribution in [2.24, 2.45) is 17.3 Å². The maximum atomic E-state index is 15.2. The number of esters is 1. The highest BCUT2D eigenvalue weighted by atomic mass is 19.4. The molecule has 3 aliphatic carbocycles. The van der Waals surface area contributed by atoms with Gasteiger partial charge in [-0.25, -0.2) is 8.78 Å². The van der Waals surface area contributed by atoms with Gasteiger partial charge in [-0.15, -0.1) is 0 Å². The summed E-state index contributed by atoms with van der Waals surface area (Å²) in [6.45, 7) is 1.37. The highest BCUT2D eigenvalue weighted by Gasteiger charge is 3.04. The Bertz CT molecular complexity index is 735. The summed E-state index contributed by atoms with van der Waals surface area (Å²) in [6, 6.07) is 0. The molecule has 0 radical (unpaired) electrons. The van der Waals surface area contributed by atoms with Crippen molar-refractivity contribution in [2.75, 3.05) is 0 Å². The fraction of sp³-hybridized carbons (Fsp3) is 0.938. The molecule has 2 nitrogen and oxygen atoms in total. The number of alkyl halides is 11. The minimum Gasteiger partial charge on any atom is -0.461 e. The zero-order chi connectivity index (χ0) is 22.6. The van der Waals surface area contributed by atoms with Crippen LogP contribution in [0.5, 0.6) is 0 Å². The molecule has 168 valence electrons. The van der Waals surface area contributed by atoms with E-state index < -0.39 is 83.9 Å². The number of carbonyl (C=O) groups excluding carboxylic acids is 1. The van der Waals surface area contributed by atoms with Crippen molar-refractivity contribution in [2.45, 2.75) is 74.5 Å². The molecule has 0 aliphatic heterocycles. The number of fused-ring (bicyclic) bond motifs is 5. The number of rotatable bonds is 3. The number of halogens is 11. The van der Waals surface area contributed by atoms with Crippen molar-refractivity contribution in [1.82, 2.24) is 0 Å². The maximum Gasteiger partial charge on any atom is 0.404 e. The number of hydrogen-bond donors (Lipinski definition) is 0. The van der Waals surface area contributed by atoms with E-state index in [-0.39, 0.29) is 0 Å². The SMILES string of the molecule is CCC(C)(C(=O)OC1CC2CC1C1(F)C(F)(F)C(F)(F)C(F)(F)C21F)C(F)(F)F. The summed E-state index contributed by atoms with van der Waals surface area (Å²) in [6.07, 6.45) is -10.4. The van der Waals surface area contributed by atoms with E-state index in [4.69, 9.17) is 0 Å². The predicted octanol–water partition coefficient (Wildman–Crippen LogP) is 5.25. The van der Waals surface area contributed by atoms with Gasteiger partial charge in [0.15, 0.2) is 5.41 Å². The van der Waals surface area contributed by atoms with Gasteiger partial charge in [0.2, 0.25) is 11.3 Å². The first kappa shape index (κ1) is 22.4. The molecule has 0 amide bonds. The lowest BCUT2D eigenvalue weighted by Crippen LogP contribution is -2.64. The van der Waals surface area contributed by atoms with E-state index in [0.29, 0.717) is 6.92 Å². The van der Waals surface area contributed by atoms with Crippen LogP contribution in [-0.4, -0.2) is 47.4 Å². The zero-order valence-electron chi connectivity index (χ0n) is 14.8. The molecule has 6 unspecified atom stereocenters. The van der Waals surface area contributed by atoms with Gasteiger partial charge in [-0.3, -0.25) is 4.79 Å². The summed E-state index contributed by atoms with van der Waals surface area (Å²) in [7, 11) is 0. The first-order valence-corrected chi connectivity index (χ1v) is 8.58. The monoisotopic (exact) mass is 448 g/mol. The Labute approximate surface area is 156 Å². The Balaban J connectivity index is 1.99. The van der Waals surface area contributed by atoms with E-state index in [9.17, 15) is 48.7 Å². The second kappa shape index (κ2) is 5.49. The molecule has 0 N–H and O–H groups in total. The summed E-state index contributed by atoms with van der Waals surface area (Å²) in [5.41, 5.74) is -13.2. The van der Waals surface area contributed by atoms with Crippen LogP contribution in [0.25, 0.3) is 0 Å². The molecule has 6 atom stereocenters. The zero-order valence-corrected chi connectivity index (χ0v) is 14.8. The molecule has 0 aromatic rings. The van der Waals surface area contributed by atoms with Gasteiger partial charge in [0.05, 0.1) is 0 Å². The second-order valence-corrected chi connectivity index (χ2v) is 8.05. The Morgan fingerprint density at radius 3 is 1.83 bits per heavy atom. The van der Waals surface area contributed by atoms with E-state index in [1.807, 2.05) is 0 Å². The lowest BCUT2D eigenvalue weighted by molar-refractivity contribution is -0.298. The topological polar surface area (TPSA) is 26.3 Å². The van der Waals surface area contributed by atoms with Crippen LogP contribution in [0, 0.1) is 17.3 Å². The smallest absolute Gasteiger partial charge is 0.404 e. The van der Waals surface area contributed by atoms with Crippen molar-refractivity contribution < 1.29 is 57.8 Å². The van der Waals surface area contributed by atoms with Gasteiger partial charge in [-0.2, -0.15) is 39.5 Å². The van der Waals surface area contributed by atoms with Crippen LogP contribution in [0.2, 0.25) is 0 Å². The van der Waals surface area contributed by atoms with Crippen molar-refractivity contribution in [3.63, 3.8) is 0 Å². The van der Waals surface area contributed by atoms with Crippen molar-refractivity contribution >= 4 is 5.97 Å². The molecule has 3 aliphatic rings. The minimum absolute atomic E-state index is 0.416. The molecule has 2 bridgehead atoms. The normalized spacial score (nSPS) is 43.7. The first-order valence-electron chi connectivity index (χ1n) is 8.58. The summed E-state index contributed by atoms with van der Waals surface area (Å²) in [5, 5.41) is 0. The van der Waals surface area contributed by atoms with Crippen LogP contribution in [-0.2, 0) is 9.53 Å². The summed E-state index contributed by atoms with van der Waals surface area (Å²) in [4.78, 5) is 12.0. The Kier molecular flexibility index (Phi) is 4.23. The molecule has 0 aromatic heterocycles. The largest absolute Gasteiger partial charge is 0.461 e. The number of hydrogen-bond acceptors (Lipinski definition) is 2. The van der Waals surface area contributed by atoms with Crippen LogP contribution < -0.4 is 0 Å². The van der Waals surface area contributed by atoms with E-state index in [2.05, 4.69) is 4.74 Å². The van der Waals surface area contributed by atoms with E-state index in [1.54, 1.807) is 0 Å². The Hall–Kier alpha value is -1.30. The predicted molar refractivity (Wildman–Crippen MR) is 73.1 cm³/mol. The first-order chi connectivity index (χ1) is 12.8. The lowest BCUT2D eigenvalue weighted by Gasteiger charge is -2.43. The molecular formula is C16H15F11O2. The van der Waals surface area contributed by atoms with Crippen LogP contribution in [0.1, 0.15) is 33.1 Å². The van der Waals surface area contributed by atoms with Gasteiger partial charge in [-0.05, 0) is 26.2 Å². The van der Waals surface area contributed by atoms with Gasteiger partial charge in [-0.1, -0.05) is 6.92 Å². The Morgan fingerprint density at radius 2 is 1.38 bits per heavy atom. The lowest BCUT2D eigenvalue weighted by atomic mass is 9.73. The second-order valence-electron chi connectivity index (χ2n) is 8.05. The van der Waals surface area contributed by atoms with Gasteiger partial charge in [0.25, 0.3) is 0 Å². The average Bonchev–Trinajstić information content (AvgIpc) is 3.11. The minimum atomic E-state index is -6.39. The maximum absolute atomic E-state index is 15.2. The van der Waals surface area contributed by atoms with Crippen molar-refractivity contribution in [3.05, 3.63) is 0 Å². The molecule has 3 fully saturated rings. The quantitative estimate of drug-likeness (QED) is 0.436. The van der Waals surface area contributed by atoms with Gasteiger partial charge in [0, 0.05) is 11.8 Å². The van der Waals surface area contributed by atoms with E-state index >= 15 is 4.39 Å². The molecule has 3 saturated carbocycles. The third kappa shape index (κ3) is 2.02. The third-order valence-corrected chi connectivity index (χ3v) is 6.85. The summed E-state index contributed by atoms with van der Waals surface area (Å²) >= 11 is 0. The van der Waals surface area contributed by atoms with Crippen LogP contribution in [0.4, 0.5) is 48.3 Å². The highest BCUT2D eigenvalue weighted by Crippen LogP contribution is 2.79. The molecule has 0 aromatic carbocycles. The highest BCUT2D eigenvalue weighted by molar-refractivity contribution is 5.77. The molecule has 0 saturated heterocycles. The van der Waals surface area contributed by atoms with Gasteiger partial charge in [0.1, 0.15) is 6.10 Å². The van der Waals surface area contributed by atoms with E-state index in [1.165, 1.54) is 0 Å². The van der Waals surface area contributed by atoms with Crippen molar-refractivity contribution in [3.8, 4) is 0 Å². The third-order valence-electron chi connectivity index (χ3n) is 6.85. The number of carbonyl (C=O) groups is 1. The average molecular weight is 448 g/mol. The van der Waals surface area contributed by atoms with Crippen molar-refractivity contribution in [1.29, 1.82) is 0 Å². The molecule has 29 heavy (non-hydrogen) atoms. The van der Waals surface area contributed by atoms with Gasteiger partial charge >= 0.3 is 29.9 Å². The molecule has 13 heteroatoms.